The molecule has 2 saturated carbocycles. The van der Waals surface area contributed by atoms with Crippen LogP contribution in [0.4, 0.5) is 20.3 Å². The number of anilines is 3. The molecule has 2 amide bonds. The maximum Gasteiger partial charge on any atom is 0.394 e. The number of amides is 2. The number of aliphatic imine (C=N–C) groups is 1. The van der Waals surface area contributed by atoms with Crippen molar-refractivity contribution >= 4 is 198 Å². The fraction of sp³-hybridized carbons (Fsp3) is 0.516. The third-order valence-corrected chi connectivity index (χ3v) is 25.0. The summed E-state index contributed by atoms with van der Waals surface area (Å²) in [4.78, 5) is 143. The number of carboxylic acids is 3. The summed E-state index contributed by atoms with van der Waals surface area (Å²) in [6, 6.07) is 17.9. The number of fused-ring (bicyclic) bond motifs is 6. The second kappa shape index (κ2) is 64.7. The van der Waals surface area contributed by atoms with Gasteiger partial charge in [-0.15, -0.1) is 39.4 Å². The van der Waals surface area contributed by atoms with Crippen molar-refractivity contribution in [1.29, 1.82) is 0 Å². The second-order valence-corrected chi connectivity index (χ2v) is 44.8. The number of carboxylic acid groups (broad SMARTS) is 3. The van der Waals surface area contributed by atoms with Gasteiger partial charge in [-0.25, -0.2) is 58.9 Å². The molecule has 16 rings (SSSR count). The van der Waals surface area contributed by atoms with Gasteiger partial charge in [0.15, 0.2) is 16.2 Å². The van der Waals surface area contributed by atoms with Crippen molar-refractivity contribution in [2.24, 2.45) is 57.5 Å². The van der Waals surface area contributed by atoms with Gasteiger partial charge in [0.2, 0.25) is 15.1 Å². The molecule has 50 heteroatoms. The molecule has 4 aromatic carbocycles. The van der Waals surface area contributed by atoms with E-state index in [0.29, 0.717) is 97.3 Å². The number of hydrogen-bond donors (Lipinski definition) is 14. The normalized spacial score (nSPS) is 18.1. The van der Waals surface area contributed by atoms with Gasteiger partial charge in [-0.1, -0.05) is 53.6 Å². The molecule has 17 N–H and O–H groups in total. The number of oxime groups is 1. The SMILES string of the molecule is CC1CCC(=NO)CC1.CC1CCC(=O)CC1.CC1CCNC(=O)CC1.CC1CCc2nc3cc(C(=O)Cl)ccc3c(=O)n2CC1.CC1CCc2nc3cc(C(=O)O)ccc3c(=O)n2CC1.COC1=NCCC(C)CC1.CS(C)(=O)(O)OO.Cc1cnc(N)s1.Cc1cnc(NC(=O)c2ccc3c(=O)n4c(nc3c2)CCC(C)CC4)s1.Cl.NO.Nc1cc(C(=O)O)ccc1C(=O)O.O=S(=O)(O)O.O=S(Cl)Cl.[2H]CF. The lowest BCUT2D eigenvalue weighted by Crippen LogP contribution is -2.29. The topological polar surface area (TPSA) is 646 Å². The van der Waals surface area contributed by atoms with E-state index in [2.05, 4.69) is 121 Å². The molecule has 2 aliphatic carbocycles. The lowest BCUT2D eigenvalue weighted by Gasteiger charge is -2.20. The molecule has 1 saturated heterocycles. The number of carbonyl (C=O) groups excluding carboxylic acids is 4. The third kappa shape index (κ3) is 49.5. The van der Waals surface area contributed by atoms with Gasteiger partial charge in [-0.2, -0.15) is 8.42 Å². The summed E-state index contributed by atoms with van der Waals surface area (Å²) < 4.78 is 88.4. The van der Waals surface area contributed by atoms with Gasteiger partial charge in [-0.05, 0) is 242 Å². The molecule has 7 aliphatic rings. The van der Waals surface area contributed by atoms with E-state index in [-0.39, 0.29) is 63.3 Å². The van der Waals surface area contributed by atoms with Crippen LogP contribution in [0.5, 0.6) is 0 Å². The number of benzene rings is 4. The zero-order chi connectivity index (χ0) is 108. The Hall–Kier alpha value is -10.2. The van der Waals surface area contributed by atoms with Gasteiger partial charge in [-0.3, -0.25) is 71.1 Å². The molecule has 5 aliphatic heterocycles. The van der Waals surface area contributed by atoms with Gasteiger partial charge in [0, 0.05) is 151 Å². The number of halogens is 5. The predicted molar refractivity (Wildman–Crippen MR) is 561 cm³/mol. The van der Waals surface area contributed by atoms with Crippen molar-refractivity contribution < 1.29 is 110 Å². The van der Waals surface area contributed by atoms with Crippen LogP contribution in [0.2, 0.25) is 0 Å². The number of ketones is 1. The van der Waals surface area contributed by atoms with E-state index in [1.165, 1.54) is 72.6 Å². The summed E-state index contributed by atoms with van der Waals surface area (Å²) in [6.07, 6.45) is 28.4. The van der Waals surface area contributed by atoms with Gasteiger partial charge < -0.3 is 51.8 Å². The minimum Gasteiger partial charge on any atom is -0.484 e. The van der Waals surface area contributed by atoms with Crippen LogP contribution < -0.4 is 44.7 Å². The number of aryl methyl sites for hydroxylation is 5. The monoisotopic (exact) mass is 2180 g/mol. The molecule has 0 spiro atoms. The number of nitrogens with zero attached hydrogens (tertiary/aromatic N) is 10. The smallest absolute Gasteiger partial charge is 0.394 e. The molecule has 5 aromatic heterocycles. The van der Waals surface area contributed by atoms with Crippen molar-refractivity contribution in [3.63, 3.8) is 0 Å². The van der Waals surface area contributed by atoms with E-state index in [0.717, 1.165) is 216 Å². The minimum atomic E-state index is -4.67. The van der Waals surface area contributed by atoms with Gasteiger partial charge in [0.05, 0.1) is 70.7 Å². The van der Waals surface area contributed by atoms with E-state index >= 15 is 0 Å². The summed E-state index contributed by atoms with van der Waals surface area (Å²) in [6.45, 7) is 23.4. The molecule has 10 heterocycles. The Morgan fingerprint density at radius 3 is 1.30 bits per heavy atom. The summed E-state index contributed by atoms with van der Waals surface area (Å²) in [5.74, 6) is 8.90. The molecule has 0 bridgehead atoms. The molecular weight excluding hydrogens is 2050 g/mol. The van der Waals surface area contributed by atoms with E-state index in [1.807, 2.05) is 13.8 Å². The predicted octanol–water partition coefficient (Wildman–Crippen LogP) is 17.1. The lowest BCUT2D eigenvalue weighted by molar-refractivity contribution is -0.141. The Labute approximate surface area is 861 Å². The first-order valence-corrected chi connectivity index (χ1v) is 54.1. The lowest BCUT2D eigenvalue weighted by atomic mass is 9.90. The number of nitrogens with two attached hydrogens (primary N) is 3. The Morgan fingerprint density at radius 2 is 0.937 bits per heavy atom. The molecular formula is C93H134Cl4FN15O25S5. The fourth-order valence-corrected chi connectivity index (χ4v) is 15.7. The number of ether oxygens (including phenoxy) is 1. The van der Waals surface area contributed by atoms with Gasteiger partial charge in [0.1, 0.15) is 32.9 Å². The summed E-state index contributed by atoms with van der Waals surface area (Å²) >= 11 is 8.42. The fourth-order valence-electron chi connectivity index (χ4n) is 14.4. The molecule has 0 radical (unpaired) electrons. The van der Waals surface area contributed by atoms with Crippen LogP contribution in [-0.2, 0) is 86.8 Å². The number of alkyl halides is 1. The summed E-state index contributed by atoms with van der Waals surface area (Å²) in [5.41, 5.74) is 14.0. The molecule has 40 nitrogen and oxygen atoms in total. The quantitative estimate of drug-likeness (QED) is 0.0176. The second-order valence-electron chi connectivity index (χ2n) is 35.1. The van der Waals surface area contributed by atoms with E-state index < -0.39 is 59.6 Å². The van der Waals surface area contributed by atoms with E-state index in [1.54, 1.807) is 75.7 Å². The number of aromatic carboxylic acids is 3. The molecule has 5 atom stereocenters. The Balaban J connectivity index is 0.000000548. The highest BCUT2D eigenvalue weighted by Gasteiger charge is 2.25. The van der Waals surface area contributed by atoms with Crippen LogP contribution in [0.3, 0.4) is 0 Å². The number of methoxy groups -OCH3 is 1. The van der Waals surface area contributed by atoms with Crippen molar-refractivity contribution in [3.8, 4) is 0 Å². The van der Waals surface area contributed by atoms with Crippen LogP contribution in [0.1, 0.15) is 257 Å². The number of nitrogen functional groups attached to an aromatic ring is 2. The standard InChI is InChI=1S/C19H20N4O2S.C15H15ClN2O2.C15H16N2O3.C8H7NO4.C8H15NO.2C7H13NO.C7H12O.C4H6N2S.C2H8O4S.CH3F.Cl2OS.ClH.H3NO.H2O4S/c1-11-3-6-16-21-15-9-13(17(24)22-19-20-10-12(2)26-19)4-5-14(15)18(25)23(16)8-7-11;1-9-2-5-13-17-12-8-10(14(16)19)3-4-11(12)15(20)18(13)7-6-9;1-9-2-5-13-16-12-8-10(15(19)20)3-4-11(12)14(18)17(13)7-6-9;9-6-3-4(7(10)11)1-2-5(6)8(12)13;1-7-3-4-8(10-2)9-6-5-7;1-6-2-4-7(8-9)5-3-6;1-6-2-3-7(9)8-5-4-6;1-6-2-4-7(8)5-3-6;1-3-2-6-4(5)7-3;1-7(2,4,5)6-3;1-2;1-4(2)3;;1-2;1-5(2,3)4/h4-5,9-11H,3,6-8H2,1-2H3,(H,20,22,24);3-4,8-9H,2,5-7H2,1H3;3-4,8-9H,2,5-7H2,1H3,(H,19,20);1-3H,9H2,(H,10,11)(H,12,13);7H,3-6H2,1-2H3;6,9H,2-5H2,1H3;6H,2-5H2,1H3,(H,8,9);6H,2-5H2,1H3;2H,1H3,(H2,5,6);3H,1-2H3,(H,4,5);1H3;;1H;2H,1H2;(H2,1,2,3,4)/i;;;;;;;;;;1D;;;;. The number of aromatic nitrogens is 8. The van der Waals surface area contributed by atoms with Crippen LogP contribution in [0.25, 0.3) is 32.7 Å². The number of carbonyl (C=O) groups is 7. The van der Waals surface area contributed by atoms with Crippen molar-refractivity contribution in [3.05, 3.63) is 171 Å². The number of nitrogens with one attached hydrogen (secondary N) is 2. The first-order chi connectivity index (χ1) is 67.1. The third-order valence-electron chi connectivity index (χ3n) is 22.8. The molecule has 143 heavy (non-hydrogen) atoms. The van der Waals surface area contributed by atoms with E-state index in [9.17, 15) is 56.5 Å². The highest BCUT2D eigenvalue weighted by Crippen LogP contribution is 2.28. The van der Waals surface area contributed by atoms with Crippen LogP contribution in [-0.4, -0.2) is 192 Å². The minimum absolute atomic E-state index is 0. The highest BCUT2D eigenvalue weighted by atomic mass is 36.0. The van der Waals surface area contributed by atoms with E-state index in [4.69, 9.17) is 91.4 Å². The Morgan fingerprint density at radius 1 is 0.580 bits per heavy atom. The highest BCUT2D eigenvalue weighted by molar-refractivity contribution is 8.26. The molecule has 796 valence electrons. The molecule has 9 aromatic rings. The van der Waals surface area contributed by atoms with Gasteiger partial charge >= 0.3 is 28.3 Å². The molecule has 5 unspecified atom stereocenters. The Kier molecular flexibility index (Phi) is 57.4. The van der Waals surface area contributed by atoms with Crippen LogP contribution in [0, 0.1) is 55.3 Å². The summed E-state index contributed by atoms with van der Waals surface area (Å²) in [7, 11) is -0.666. The van der Waals surface area contributed by atoms with Crippen molar-refractivity contribution in [2.75, 3.05) is 56.6 Å². The number of rotatable bonds is 7. The first-order valence-electron chi connectivity index (χ1n) is 46.0. The summed E-state index contributed by atoms with van der Waals surface area (Å²) in [5, 5.41) is 59.8. The van der Waals surface area contributed by atoms with Gasteiger partial charge in [0.25, 0.3) is 27.8 Å². The first kappa shape index (κ1) is 127. The number of Topliss-reactive ketones (excluding diaryl/α,β-unsaturated/α-hetero) is 1. The average molecular weight is 2180 g/mol. The van der Waals surface area contributed by atoms with Crippen LogP contribution in [0.15, 0.2) is 110 Å². The maximum atomic E-state index is 12.8. The zero-order valence-electron chi connectivity index (χ0n) is 82.9. The largest absolute Gasteiger partial charge is 0.484 e. The molecule has 3 fully saturated rings. The number of thiazole rings is 2. The number of hydrogen-bond acceptors (Lipinski definition) is 31. The average Bonchev–Trinajstić information content (AvgIpc) is 1.33. The maximum absolute atomic E-state index is 12.8. The van der Waals surface area contributed by atoms with Crippen molar-refractivity contribution in [2.45, 2.75) is 230 Å². The van der Waals surface area contributed by atoms with Crippen LogP contribution >= 0.6 is 68.0 Å². The Bertz CT molecular complexity index is 6000. The van der Waals surface area contributed by atoms with Crippen molar-refractivity contribution in [1.82, 2.24) is 43.9 Å². The zero-order valence-corrected chi connectivity index (χ0v) is 89.0.